The van der Waals surface area contributed by atoms with Crippen LogP contribution in [0.15, 0.2) is 71.8 Å². The first-order valence-electron chi connectivity index (χ1n) is 9.95. The van der Waals surface area contributed by atoms with Crippen LogP contribution in [0.4, 0.5) is 5.69 Å². The number of ether oxygens (including phenoxy) is 3. The van der Waals surface area contributed by atoms with Gasteiger partial charge in [0.1, 0.15) is 12.4 Å². The van der Waals surface area contributed by atoms with E-state index in [2.05, 4.69) is 10.3 Å². The molecule has 0 spiro atoms. The summed E-state index contributed by atoms with van der Waals surface area (Å²) in [6.45, 7) is 0.532. The molecular weight excluding hydrogens is 410 g/mol. The van der Waals surface area contributed by atoms with E-state index >= 15 is 0 Å². The van der Waals surface area contributed by atoms with Crippen LogP contribution < -0.4 is 25.1 Å². The molecule has 0 bridgehead atoms. The van der Waals surface area contributed by atoms with E-state index in [1.165, 1.54) is 10.9 Å². The molecule has 1 aromatic heterocycles. The summed E-state index contributed by atoms with van der Waals surface area (Å²) in [5.74, 6) is 1.70. The van der Waals surface area contributed by atoms with Crippen LogP contribution in [0.25, 0.3) is 10.9 Å². The largest absolute Gasteiger partial charge is 0.489 e. The standard InChI is InChI=1S/C24H19N3O5/c1-27-13-25-20-7-5-16(10-19(20)24(27)29)23(28)26-17-4-2-3-15(9-17)12-30-18-6-8-21-22(11-18)32-14-31-21/h2-11,13H,12,14H2,1H3,(H,26,28). The minimum atomic E-state index is -0.313. The van der Waals surface area contributed by atoms with Crippen molar-refractivity contribution >= 4 is 22.5 Å². The normalized spacial score (nSPS) is 12.0. The topological polar surface area (TPSA) is 91.7 Å². The third kappa shape index (κ3) is 3.85. The molecule has 0 unspecified atom stereocenters. The highest BCUT2D eigenvalue weighted by molar-refractivity contribution is 6.06. The van der Waals surface area contributed by atoms with Crippen LogP contribution in [0.5, 0.6) is 17.2 Å². The molecule has 1 N–H and O–H groups in total. The lowest BCUT2D eigenvalue weighted by molar-refractivity contribution is 0.102. The molecule has 32 heavy (non-hydrogen) atoms. The second kappa shape index (κ2) is 8.07. The molecule has 0 radical (unpaired) electrons. The summed E-state index contributed by atoms with van der Waals surface area (Å²) in [5.41, 5.74) is 2.24. The summed E-state index contributed by atoms with van der Waals surface area (Å²) in [5, 5.41) is 3.27. The first-order chi connectivity index (χ1) is 15.6. The zero-order valence-corrected chi connectivity index (χ0v) is 17.2. The van der Waals surface area contributed by atoms with Crippen LogP contribution in [-0.4, -0.2) is 22.3 Å². The molecule has 3 aromatic carbocycles. The van der Waals surface area contributed by atoms with E-state index in [9.17, 15) is 9.59 Å². The van der Waals surface area contributed by atoms with E-state index in [0.29, 0.717) is 46.0 Å². The number of amides is 1. The zero-order chi connectivity index (χ0) is 22.1. The number of anilines is 1. The number of nitrogens with zero attached hydrogens (tertiary/aromatic N) is 2. The molecule has 1 aliphatic rings. The first-order valence-corrected chi connectivity index (χ1v) is 9.95. The van der Waals surface area contributed by atoms with Gasteiger partial charge in [0.2, 0.25) is 6.79 Å². The SMILES string of the molecule is Cn1cnc2ccc(C(=O)Nc3cccc(COc4ccc5c(c4)OCO5)c3)cc2c1=O. The Morgan fingerprint density at radius 3 is 2.88 bits per heavy atom. The molecule has 1 amide bonds. The van der Waals surface area contributed by atoms with Crippen molar-refractivity contribution in [2.75, 3.05) is 12.1 Å². The van der Waals surface area contributed by atoms with Crippen molar-refractivity contribution < 1.29 is 19.0 Å². The van der Waals surface area contributed by atoms with Crippen molar-refractivity contribution in [3.05, 3.63) is 88.5 Å². The molecule has 5 rings (SSSR count). The Bertz CT molecular complexity index is 1400. The smallest absolute Gasteiger partial charge is 0.260 e. The minimum Gasteiger partial charge on any atom is -0.489 e. The summed E-state index contributed by atoms with van der Waals surface area (Å²) in [4.78, 5) is 29.3. The van der Waals surface area contributed by atoms with Gasteiger partial charge < -0.3 is 24.1 Å². The van der Waals surface area contributed by atoms with E-state index in [4.69, 9.17) is 14.2 Å². The molecule has 4 aromatic rings. The van der Waals surface area contributed by atoms with E-state index in [0.717, 1.165) is 5.56 Å². The van der Waals surface area contributed by atoms with Crippen LogP contribution in [0, 0.1) is 0 Å². The van der Waals surface area contributed by atoms with Gasteiger partial charge in [0.15, 0.2) is 11.5 Å². The maximum Gasteiger partial charge on any atom is 0.260 e. The molecule has 2 heterocycles. The maximum absolute atomic E-state index is 12.8. The van der Waals surface area contributed by atoms with E-state index in [1.807, 2.05) is 24.3 Å². The number of carbonyl (C=O) groups is 1. The predicted octanol–water partition coefficient (Wildman–Crippen LogP) is 3.49. The Morgan fingerprint density at radius 1 is 1.09 bits per heavy atom. The van der Waals surface area contributed by atoms with Gasteiger partial charge in [0.05, 0.1) is 17.2 Å². The number of aromatic nitrogens is 2. The lowest BCUT2D eigenvalue weighted by Crippen LogP contribution is -2.18. The van der Waals surface area contributed by atoms with Gasteiger partial charge in [-0.15, -0.1) is 0 Å². The molecule has 0 atom stereocenters. The number of hydrogen-bond donors (Lipinski definition) is 1. The second-order valence-electron chi connectivity index (χ2n) is 7.35. The minimum absolute atomic E-state index is 0.202. The number of benzene rings is 3. The molecule has 1 aliphatic heterocycles. The van der Waals surface area contributed by atoms with Gasteiger partial charge in [-0.2, -0.15) is 0 Å². The molecule has 160 valence electrons. The fourth-order valence-corrected chi connectivity index (χ4v) is 3.43. The quantitative estimate of drug-likeness (QED) is 0.522. The van der Waals surface area contributed by atoms with E-state index < -0.39 is 0 Å². The van der Waals surface area contributed by atoms with Crippen molar-refractivity contribution in [1.82, 2.24) is 9.55 Å². The predicted molar refractivity (Wildman–Crippen MR) is 118 cm³/mol. The molecule has 8 nitrogen and oxygen atoms in total. The Hall–Kier alpha value is -4.33. The molecule has 0 aliphatic carbocycles. The first kappa shape index (κ1) is 19.6. The number of hydrogen-bond acceptors (Lipinski definition) is 6. The molecule has 0 fully saturated rings. The lowest BCUT2D eigenvalue weighted by Gasteiger charge is -2.10. The highest BCUT2D eigenvalue weighted by atomic mass is 16.7. The summed E-state index contributed by atoms with van der Waals surface area (Å²) in [6, 6.07) is 17.7. The Morgan fingerprint density at radius 2 is 1.97 bits per heavy atom. The van der Waals surface area contributed by atoms with Crippen LogP contribution in [-0.2, 0) is 13.7 Å². The average molecular weight is 429 g/mol. The van der Waals surface area contributed by atoms with Gasteiger partial charge >= 0.3 is 0 Å². The van der Waals surface area contributed by atoms with Crippen molar-refractivity contribution in [1.29, 1.82) is 0 Å². The zero-order valence-electron chi connectivity index (χ0n) is 17.2. The second-order valence-corrected chi connectivity index (χ2v) is 7.35. The number of rotatable bonds is 5. The molecular formula is C24H19N3O5. The highest BCUT2D eigenvalue weighted by Crippen LogP contribution is 2.35. The summed E-state index contributed by atoms with van der Waals surface area (Å²) in [6.07, 6.45) is 1.46. The third-order valence-electron chi connectivity index (χ3n) is 5.11. The van der Waals surface area contributed by atoms with Gasteiger partial charge in [-0.25, -0.2) is 4.98 Å². The fraction of sp³-hybridized carbons (Fsp3) is 0.125. The third-order valence-corrected chi connectivity index (χ3v) is 5.11. The van der Waals surface area contributed by atoms with Gasteiger partial charge in [-0.3, -0.25) is 9.59 Å². The van der Waals surface area contributed by atoms with Gasteiger partial charge in [0, 0.05) is 24.4 Å². The monoisotopic (exact) mass is 429 g/mol. The average Bonchev–Trinajstić information content (AvgIpc) is 3.28. The number of fused-ring (bicyclic) bond motifs is 2. The summed E-state index contributed by atoms with van der Waals surface area (Å²) < 4.78 is 17.9. The Balaban J connectivity index is 1.29. The van der Waals surface area contributed by atoms with Crippen LogP contribution in [0.1, 0.15) is 15.9 Å². The van der Waals surface area contributed by atoms with Crippen molar-refractivity contribution in [2.45, 2.75) is 6.61 Å². The van der Waals surface area contributed by atoms with Gasteiger partial charge in [-0.05, 0) is 48.0 Å². The Kier molecular flexibility index (Phi) is 4.95. The molecule has 0 saturated heterocycles. The number of carbonyl (C=O) groups excluding carboxylic acids is 1. The fourth-order valence-electron chi connectivity index (χ4n) is 3.43. The van der Waals surface area contributed by atoms with Gasteiger partial charge in [-0.1, -0.05) is 12.1 Å². The summed E-state index contributed by atoms with van der Waals surface area (Å²) in [7, 11) is 1.62. The van der Waals surface area contributed by atoms with E-state index in [1.54, 1.807) is 43.4 Å². The van der Waals surface area contributed by atoms with Crippen LogP contribution in [0.2, 0.25) is 0 Å². The van der Waals surface area contributed by atoms with E-state index in [-0.39, 0.29) is 18.3 Å². The van der Waals surface area contributed by atoms with Crippen molar-refractivity contribution in [3.63, 3.8) is 0 Å². The van der Waals surface area contributed by atoms with Crippen molar-refractivity contribution in [2.24, 2.45) is 7.05 Å². The van der Waals surface area contributed by atoms with Crippen LogP contribution >= 0.6 is 0 Å². The number of nitrogens with one attached hydrogen (secondary N) is 1. The molecule has 0 saturated carbocycles. The molecule has 8 heteroatoms. The summed E-state index contributed by atoms with van der Waals surface area (Å²) >= 11 is 0. The van der Waals surface area contributed by atoms with Crippen molar-refractivity contribution in [3.8, 4) is 17.2 Å². The number of aryl methyl sites for hydroxylation is 1. The van der Waals surface area contributed by atoms with Gasteiger partial charge in [0.25, 0.3) is 11.5 Å². The highest BCUT2D eigenvalue weighted by Gasteiger charge is 2.14. The van der Waals surface area contributed by atoms with Crippen LogP contribution in [0.3, 0.4) is 0 Å². The maximum atomic E-state index is 12.8. The Labute approximate surface area is 183 Å². The lowest BCUT2D eigenvalue weighted by atomic mass is 10.1.